The van der Waals surface area contributed by atoms with Crippen LogP contribution in [0.4, 0.5) is 0 Å². The van der Waals surface area contributed by atoms with Crippen molar-refractivity contribution >= 4 is 23.3 Å². The molecule has 0 aliphatic carbocycles. The number of nitrogens with one attached hydrogen (secondary N) is 1. The second-order valence-electron chi connectivity index (χ2n) is 6.42. The lowest BCUT2D eigenvalue weighted by Crippen LogP contribution is -2.38. The van der Waals surface area contributed by atoms with E-state index in [0.29, 0.717) is 18.0 Å². The first-order valence-electron chi connectivity index (χ1n) is 7.45. The van der Waals surface area contributed by atoms with E-state index in [1.807, 2.05) is 0 Å². The van der Waals surface area contributed by atoms with Gasteiger partial charge in [-0.05, 0) is 43.6 Å². The number of hydrogen-bond acceptors (Lipinski definition) is 2. The first-order chi connectivity index (χ1) is 9.49. The fourth-order valence-electron chi connectivity index (χ4n) is 3.35. The third-order valence-corrected chi connectivity index (χ3v) is 4.77. The molecule has 0 radical (unpaired) electrons. The maximum absolute atomic E-state index is 5.55. The van der Waals surface area contributed by atoms with Gasteiger partial charge in [0.1, 0.15) is 0 Å². The molecule has 1 aromatic carbocycles. The van der Waals surface area contributed by atoms with Gasteiger partial charge in [0.05, 0.1) is 11.0 Å². The zero-order valence-electron chi connectivity index (χ0n) is 12.7. The van der Waals surface area contributed by atoms with Gasteiger partial charge in [0.25, 0.3) is 0 Å². The Morgan fingerprint density at radius 3 is 2.75 bits per heavy atom. The van der Waals surface area contributed by atoms with Gasteiger partial charge in [-0.2, -0.15) is 0 Å². The Morgan fingerprint density at radius 2 is 2.05 bits per heavy atom. The smallest absolute Gasteiger partial charge is 0.178 e. The van der Waals surface area contributed by atoms with Crippen LogP contribution in [0.3, 0.4) is 0 Å². The number of hydrogen-bond donors (Lipinski definition) is 1. The molecule has 0 unspecified atom stereocenters. The molecule has 2 heterocycles. The molecule has 0 bridgehead atoms. The van der Waals surface area contributed by atoms with Crippen LogP contribution in [-0.2, 0) is 6.54 Å². The lowest BCUT2D eigenvalue weighted by molar-refractivity contribution is 0.146. The molecule has 0 saturated heterocycles. The van der Waals surface area contributed by atoms with E-state index in [2.05, 4.69) is 60.3 Å². The fraction of sp³-hybridized carbons (Fsp3) is 0.562. The van der Waals surface area contributed by atoms with Crippen molar-refractivity contribution in [3.8, 4) is 0 Å². The molecule has 0 spiro atoms. The molecule has 0 saturated carbocycles. The van der Waals surface area contributed by atoms with Gasteiger partial charge >= 0.3 is 0 Å². The summed E-state index contributed by atoms with van der Waals surface area (Å²) in [6.45, 7) is 11.3. The maximum atomic E-state index is 5.55. The highest BCUT2D eigenvalue weighted by Crippen LogP contribution is 2.31. The quantitative estimate of drug-likeness (QED) is 0.841. The van der Waals surface area contributed by atoms with Crippen molar-refractivity contribution in [3.63, 3.8) is 0 Å². The van der Waals surface area contributed by atoms with E-state index in [0.717, 1.165) is 23.4 Å². The van der Waals surface area contributed by atoms with Crippen molar-refractivity contribution in [2.24, 2.45) is 5.92 Å². The minimum atomic E-state index is 0.388. The molecule has 1 aromatic heterocycles. The van der Waals surface area contributed by atoms with E-state index < -0.39 is 0 Å². The molecule has 1 N–H and O–H groups in total. The molecular formula is C16H23N3S. The predicted octanol–water partition coefficient (Wildman–Crippen LogP) is 4.12. The second-order valence-corrected chi connectivity index (χ2v) is 6.80. The van der Waals surface area contributed by atoms with Crippen LogP contribution in [0.5, 0.6) is 0 Å². The summed E-state index contributed by atoms with van der Waals surface area (Å²) < 4.78 is 3.16. The SMILES string of the molecule is CC(C)CN1Cc2cccc3[nH]c(=S)n(c23)[C@H](C)[C@H]1C. The van der Waals surface area contributed by atoms with Gasteiger partial charge in [0.2, 0.25) is 0 Å². The average molecular weight is 289 g/mol. The van der Waals surface area contributed by atoms with Crippen molar-refractivity contribution in [2.75, 3.05) is 6.54 Å². The molecule has 3 nitrogen and oxygen atoms in total. The van der Waals surface area contributed by atoms with Gasteiger partial charge in [0, 0.05) is 25.2 Å². The Hall–Kier alpha value is -1.13. The van der Waals surface area contributed by atoms with E-state index in [1.165, 1.54) is 11.1 Å². The van der Waals surface area contributed by atoms with Gasteiger partial charge in [0.15, 0.2) is 4.77 Å². The monoisotopic (exact) mass is 289 g/mol. The summed E-state index contributed by atoms with van der Waals surface area (Å²) in [6, 6.07) is 7.36. The maximum Gasteiger partial charge on any atom is 0.178 e. The minimum Gasteiger partial charge on any atom is -0.331 e. The lowest BCUT2D eigenvalue weighted by atomic mass is 10.1. The van der Waals surface area contributed by atoms with Crippen molar-refractivity contribution < 1.29 is 0 Å². The first kappa shape index (κ1) is 13.8. The van der Waals surface area contributed by atoms with Crippen molar-refractivity contribution in [1.29, 1.82) is 0 Å². The van der Waals surface area contributed by atoms with Gasteiger partial charge in [-0.1, -0.05) is 26.0 Å². The lowest BCUT2D eigenvalue weighted by Gasteiger charge is -2.32. The molecule has 0 fully saturated rings. The summed E-state index contributed by atoms with van der Waals surface area (Å²) in [5, 5.41) is 0. The van der Waals surface area contributed by atoms with E-state index in [9.17, 15) is 0 Å². The first-order valence-corrected chi connectivity index (χ1v) is 7.86. The summed E-state index contributed by atoms with van der Waals surface area (Å²) >= 11 is 5.55. The van der Waals surface area contributed by atoms with E-state index in [-0.39, 0.29) is 0 Å². The molecule has 1 aliphatic heterocycles. The Bertz CT molecular complexity index is 683. The van der Waals surface area contributed by atoms with Crippen LogP contribution in [-0.4, -0.2) is 27.0 Å². The van der Waals surface area contributed by atoms with Crippen LogP contribution in [0, 0.1) is 10.7 Å². The molecule has 1 aliphatic rings. The molecule has 108 valence electrons. The summed E-state index contributed by atoms with van der Waals surface area (Å²) in [6.07, 6.45) is 0. The summed E-state index contributed by atoms with van der Waals surface area (Å²) in [4.78, 5) is 5.94. The van der Waals surface area contributed by atoms with Gasteiger partial charge in [-0.15, -0.1) is 0 Å². The third kappa shape index (κ3) is 2.11. The van der Waals surface area contributed by atoms with Crippen LogP contribution >= 0.6 is 12.2 Å². The summed E-state index contributed by atoms with van der Waals surface area (Å²) in [7, 11) is 0. The van der Waals surface area contributed by atoms with Crippen molar-refractivity contribution in [3.05, 3.63) is 28.5 Å². The molecule has 20 heavy (non-hydrogen) atoms. The number of H-pyrrole nitrogens is 1. The molecule has 2 atom stereocenters. The Labute approximate surface area is 125 Å². The Morgan fingerprint density at radius 1 is 1.30 bits per heavy atom. The standard InChI is InChI=1S/C16H23N3S/c1-10(2)8-18-9-13-6-5-7-14-15(13)19(16(20)17-14)12(4)11(18)3/h5-7,10-12H,8-9H2,1-4H3,(H,17,20)/t11-,12-/m1/s1. The molecular weight excluding hydrogens is 266 g/mol. The average Bonchev–Trinajstić information content (AvgIpc) is 2.67. The number of rotatable bonds is 2. The van der Waals surface area contributed by atoms with Crippen molar-refractivity contribution in [1.82, 2.24) is 14.5 Å². The molecule has 3 rings (SSSR count). The summed E-state index contributed by atoms with van der Waals surface area (Å²) in [5.41, 5.74) is 3.84. The predicted molar refractivity (Wildman–Crippen MR) is 86.5 cm³/mol. The normalized spacial score (nSPS) is 23.4. The fourth-order valence-corrected chi connectivity index (χ4v) is 3.72. The Kier molecular flexibility index (Phi) is 3.46. The van der Waals surface area contributed by atoms with Crippen LogP contribution in [0.2, 0.25) is 0 Å². The number of imidazole rings is 1. The van der Waals surface area contributed by atoms with Crippen LogP contribution in [0.25, 0.3) is 11.0 Å². The summed E-state index contributed by atoms with van der Waals surface area (Å²) in [5.74, 6) is 0.677. The van der Waals surface area contributed by atoms with E-state index in [1.54, 1.807) is 0 Å². The van der Waals surface area contributed by atoms with Crippen LogP contribution in [0.1, 0.15) is 39.3 Å². The third-order valence-electron chi connectivity index (χ3n) is 4.48. The number of aromatic amines is 1. The van der Waals surface area contributed by atoms with Crippen LogP contribution < -0.4 is 0 Å². The largest absolute Gasteiger partial charge is 0.331 e. The Balaban J connectivity index is 2.18. The molecule has 0 amide bonds. The molecule has 2 aromatic rings. The van der Waals surface area contributed by atoms with E-state index in [4.69, 9.17) is 12.2 Å². The highest BCUT2D eigenvalue weighted by molar-refractivity contribution is 7.71. The number of aromatic nitrogens is 2. The van der Waals surface area contributed by atoms with Crippen LogP contribution in [0.15, 0.2) is 18.2 Å². The number of benzene rings is 1. The second kappa shape index (κ2) is 5.01. The zero-order chi connectivity index (χ0) is 14.4. The zero-order valence-corrected chi connectivity index (χ0v) is 13.5. The van der Waals surface area contributed by atoms with Gasteiger partial charge in [-0.25, -0.2) is 0 Å². The molecule has 4 heteroatoms. The van der Waals surface area contributed by atoms with E-state index >= 15 is 0 Å². The topological polar surface area (TPSA) is 24.0 Å². The highest BCUT2D eigenvalue weighted by Gasteiger charge is 2.28. The number of para-hydroxylation sites is 1. The van der Waals surface area contributed by atoms with Gasteiger partial charge < -0.3 is 9.55 Å². The number of nitrogens with zero attached hydrogens (tertiary/aromatic N) is 2. The highest BCUT2D eigenvalue weighted by atomic mass is 32.1. The van der Waals surface area contributed by atoms with Crippen molar-refractivity contribution in [2.45, 2.75) is 46.3 Å². The minimum absolute atomic E-state index is 0.388. The van der Waals surface area contributed by atoms with Gasteiger partial charge in [-0.3, -0.25) is 4.90 Å².